The molecule has 0 radical (unpaired) electrons. The van der Waals surface area contributed by atoms with Crippen molar-refractivity contribution in [2.24, 2.45) is 0 Å². The second-order valence-corrected chi connectivity index (χ2v) is 5.72. The maximum Gasteiger partial charge on any atom is 0.320 e. The average molecular weight is 342 g/mol. The maximum absolute atomic E-state index is 12.1. The van der Waals surface area contributed by atoms with Gasteiger partial charge in [0.15, 0.2) is 0 Å². The van der Waals surface area contributed by atoms with Crippen LogP contribution in [0.1, 0.15) is 19.3 Å². The molecule has 1 atom stereocenters. The van der Waals surface area contributed by atoms with Gasteiger partial charge >= 0.3 is 5.97 Å². The number of nitro groups is 1. The Hall–Kier alpha value is -2.19. The number of carbonyl (C=O) groups is 2. The lowest BCUT2D eigenvalue weighted by Gasteiger charge is -2.32. The van der Waals surface area contributed by atoms with Crippen LogP contribution in [0.25, 0.3) is 0 Å². The molecule has 0 aliphatic carbocycles. The number of amides is 1. The largest absolute Gasteiger partial charge is 0.480 e. The summed E-state index contributed by atoms with van der Waals surface area (Å²) in [6, 6.07) is 3.24. The Kier molecular flexibility index (Phi) is 5.51. The number of benzene rings is 1. The first-order valence-corrected chi connectivity index (χ1v) is 7.47. The summed E-state index contributed by atoms with van der Waals surface area (Å²) in [6.45, 7) is 0.379. The highest BCUT2D eigenvalue weighted by molar-refractivity contribution is 6.31. The summed E-state index contributed by atoms with van der Waals surface area (Å²) in [7, 11) is 0. The van der Waals surface area contributed by atoms with Crippen LogP contribution in [0.3, 0.4) is 0 Å². The average Bonchev–Trinajstić information content (AvgIpc) is 2.49. The van der Waals surface area contributed by atoms with Crippen molar-refractivity contribution in [3.63, 3.8) is 0 Å². The van der Waals surface area contributed by atoms with Gasteiger partial charge in [-0.3, -0.25) is 24.6 Å². The van der Waals surface area contributed by atoms with Crippen LogP contribution in [0.15, 0.2) is 18.2 Å². The van der Waals surface area contributed by atoms with Crippen LogP contribution in [0, 0.1) is 10.1 Å². The fraction of sp³-hybridized carbons (Fsp3) is 0.429. The molecule has 0 aromatic heterocycles. The molecule has 23 heavy (non-hydrogen) atoms. The van der Waals surface area contributed by atoms with Crippen molar-refractivity contribution >= 4 is 34.9 Å². The molecular weight excluding hydrogens is 326 g/mol. The fourth-order valence-electron chi connectivity index (χ4n) is 2.60. The number of piperidine rings is 1. The van der Waals surface area contributed by atoms with Gasteiger partial charge in [-0.05, 0) is 31.5 Å². The van der Waals surface area contributed by atoms with Gasteiger partial charge in [0.25, 0.3) is 5.69 Å². The number of nitrogens with zero attached hydrogens (tertiary/aromatic N) is 2. The third-order valence-corrected chi connectivity index (χ3v) is 3.91. The smallest absolute Gasteiger partial charge is 0.320 e. The number of rotatable bonds is 5. The van der Waals surface area contributed by atoms with Crippen molar-refractivity contribution < 1.29 is 19.6 Å². The van der Waals surface area contributed by atoms with Gasteiger partial charge in [0.05, 0.1) is 11.5 Å². The molecule has 0 saturated carbocycles. The number of anilines is 1. The normalized spacial score (nSPS) is 18.4. The Labute approximate surface area is 137 Å². The van der Waals surface area contributed by atoms with Gasteiger partial charge in [-0.25, -0.2) is 0 Å². The standard InChI is InChI=1S/C14H16ClN3O5/c15-9-4-5-10(12(7-9)18(22)23)16-13(19)8-17-6-2-1-3-11(17)14(20)21/h4-5,7,11H,1-3,6,8H2,(H,16,19)(H,20,21). The monoisotopic (exact) mass is 341 g/mol. The minimum Gasteiger partial charge on any atom is -0.480 e. The highest BCUT2D eigenvalue weighted by atomic mass is 35.5. The van der Waals surface area contributed by atoms with E-state index in [9.17, 15) is 24.8 Å². The molecular formula is C14H16ClN3O5. The van der Waals surface area contributed by atoms with E-state index in [0.29, 0.717) is 13.0 Å². The Morgan fingerprint density at radius 2 is 2.17 bits per heavy atom. The summed E-state index contributed by atoms with van der Waals surface area (Å²) in [5.74, 6) is -1.46. The number of carboxylic acids is 1. The first kappa shape index (κ1) is 17.2. The van der Waals surface area contributed by atoms with E-state index in [2.05, 4.69) is 5.32 Å². The Morgan fingerprint density at radius 3 is 2.83 bits per heavy atom. The summed E-state index contributed by atoms with van der Waals surface area (Å²) in [5, 5.41) is 22.8. The number of nitrogens with one attached hydrogen (secondary N) is 1. The molecule has 9 heteroatoms. The Balaban J connectivity index is 2.07. The topological polar surface area (TPSA) is 113 Å². The van der Waals surface area contributed by atoms with Crippen molar-refractivity contribution in [2.45, 2.75) is 25.3 Å². The molecule has 1 saturated heterocycles. The molecule has 1 aromatic rings. The predicted octanol–water partition coefficient (Wildman–Crippen LogP) is 2.13. The minimum absolute atomic E-state index is 0.0354. The van der Waals surface area contributed by atoms with E-state index in [0.717, 1.165) is 18.9 Å². The molecule has 0 bridgehead atoms. The Bertz CT molecular complexity index is 637. The first-order valence-electron chi connectivity index (χ1n) is 7.09. The van der Waals surface area contributed by atoms with Gasteiger partial charge in [0, 0.05) is 11.1 Å². The lowest BCUT2D eigenvalue weighted by molar-refractivity contribution is -0.383. The van der Waals surface area contributed by atoms with Crippen LogP contribution in [-0.2, 0) is 9.59 Å². The molecule has 0 spiro atoms. The number of carboxylic acid groups (broad SMARTS) is 1. The zero-order valence-electron chi connectivity index (χ0n) is 12.2. The van der Waals surface area contributed by atoms with Gasteiger partial charge in [-0.15, -0.1) is 0 Å². The highest BCUT2D eigenvalue weighted by Crippen LogP contribution is 2.27. The van der Waals surface area contributed by atoms with Crippen molar-refractivity contribution in [1.82, 2.24) is 4.90 Å². The number of hydrogen-bond acceptors (Lipinski definition) is 5. The summed E-state index contributed by atoms with van der Waals surface area (Å²) in [4.78, 5) is 35.2. The number of likely N-dealkylation sites (tertiary alicyclic amines) is 1. The van der Waals surface area contributed by atoms with Gasteiger partial charge in [-0.2, -0.15) is 0 Å². The zero-order chi connectivity index (χ0) is 17.0. The van der Waals surface area contributed by atoms with E-state index in [1.165, 1.54) is 12.1 Å². The van der Waals surface area contributed by atoms with Crippen LogP contribution >= 0.6 is 11.6 Å². The summed E-state index contributed by atoms with van der Waals surface area (Å²) < 4.78 is 0. The molecule has 1 aliphatic heterocycles. The molecule has 1 aliphatic rings. The third kappa shape index (κ3) is 4.40. The van der Waals surface area contributed by atoms with Crippen molar-refractivity contribution in [2.75, 3.05) is 18.4 Å². The zero-order valence-corrected chi connectivity index (χ0v) is 13.0. The molecule has 124 valence electrons. The first-order chi connectivity index (χ1) is 10.9. The van der Waals surface area contributed by atoms with Crippen molar-refractivity contribution in [3.8, 4) is 0 Å². The SMILES string of the molecule is O=C(CN1CCCCC1C(=O)O)Nc1ccc(Cl)cc1[N+](=O)[O-]. The Morgan fingerprint density at radius 1 is 1.43 bits per heavy atom. The quantitative estimate of drug-likeness (QED) is 0.626. The second kappa shape index (κ2) is 7.38. The molecule has 1 heterocycles. The maximum atomic E-state index is 12.1. The number of hydrogen-bond donors (Lipinski definition) is 2. The second-order valence-electron chi connectivity index (χ2n) is 5.29. The highest BCUT2D eigenvalue weighted by Gasteiger charge is 2.30. The van der Waals surface area contributed by atoms with E-state index < -0.39 is 22.8 Å². The van der Waals surface area contributed by atoms with Crippen molar-refractivity contribution in [1.29, 1.82) is 0 Å². The number of carbonyl (C=O) groups excluding carboxylic acids is 1. The van der Waals surface area contributed by atoms with E-state index in [-0.39, 0.29) is 22.9 Å². The molecule has 1 fully saturated rings. The lowest BCUT2D eigenvalue weighted by atomic mass is 10.0. The van der Waals surface area contributed by atoms with E-state index in [4.69, 9.17) is 11.6 Å². The summed E-state index contributed by atoms with van der Waals surface area (Å²) >= 11 is 5.72. The van der Waals surface area contributed by atoms with Gasteiger partial charge in [0.2, 0.25) is 5.91 Å². The molecule has 2 rings (SSSR count). The van der Waals surface area contributed by atoms with Crippen LogP contribution in [0.4, 0.5) is 11.4 Å². The molecule has 2 N–H and O–H groups in total. The number of aliphatic carboxylic acids is 1. The fourth-order valence-corrected chi connectivity index (χ4v) is 2.76. The summed E-state index contributed by atoms with van der Waals surface area (Å²) in [6.07, 6.45) is 2.11. The van der Waals surface area contributed by atoms with Gasteiger partial charge < -0.3 is 10.4 Å². The van der Waals surface area contributed by atoms with E-state index in [1.54, 1.807) is 4.90 Å². The van der Waals surface area contributed by atoms with Crippen LogP contribution in [-0.4, -0.2) is 45.9 Å². The van der Waals surface area contributed by atoms with E-state index in [1.807, 2.05) is 0 Å². The van der Waals surface area contributed by atoms with E-state index >= 15 is 0 Å². The molecule has 1 aromatic carbocycles. The minimum atomic E-state index is -0.963. The van der Waals surface area contributed by atoms with Crippen LogP contribution in [0.2, 0.25) is 5.02 Å². The van der Waals surface area contributed by atoms with Gasteiger partial charge in [-0.1, -0.05) is 18.0 Å². The molecule has 1 unspecified atom stereocenters. The number of nitro benzene ring substituents is 1. The van der Waals surface area contributed by atoms with Crippen LogP contribution < -0.4 is 5.32 Å². The van der Waals surface area contributed by atoms with Gasteiger partial charge in [0.1, 0.15) is 11.7 Å². The third-order valence-electron chi connectivity index (χ3n) is 3.68. The van der Waals surface area contributed by atoms with Crippen LogP contribution in [0.5, 0.6) is 0 Å². The summed E-state index contributed by atoms with van der Waals surface area (Å²) in [5.41, 5.74) is -0.271. The van der Waals surface area contributed by atoms with Crippen molar-refractivity contribution in [3.05, 3.63) is 33.3 Å². The molecule has 8 nitrogen and oxygen atoms in total. The lowest BCUT2D eigenvalue weighted by Crippen LogP contribution is -2.47. The number of halogens is 1. The molecule has 1 amide bonds. The predicted molar refractivity (Wildman–Crippen MR) is 83.6 cm³/mol.